The first-order valence-electron chi connectivity index (χ1n) is 5.74. The maximum absolute atomic E-state index is 12.7. The first-order valence-corrected chi connectivity index (χ1v) is 7.60. The molecule has 0 aliphatic rings. The number of halogens is 3. The van der Waals surface area contributed by atoms with Gasteiger partial charge in [-0.25, -0.2) is 0 Å². The van der Waals surface area contributed by atoms with Gasteiger partial charge in [0.15, 0.2) is 4.34 Å². The molecule has 1 unspecified atom stereocenters. The Kier molecular flexibility index (Phi) is 5.00. The van der Waals surface area contributed by atoms with Crippen molar-refractivity contribution in [3.63, 3.8) is 0 Å². The van der Waals surface area contributed by atoms with Crippen molar-refractivity contribution >= 4 is 23.1 Å². The number of thioether (sulfide) groups is 1. The van der Waals surface area contributed by atoms with Crippen molar-refractivity contribution in [2.45, 2.75) is 16.6 Å². The summed E-state index contributed by atoms with van der Waals surface area (Å²) in [5.41, 5.74) is 1.61. The molecule has 3 nitrogen and oxygen atoms in total. The highest BCUT2D eigenvalue weighted by atomic mass is 32.2. The summed E-state index contributed by atoms with van der Waals surface area (Å²) in [6, 6.07) is 5.21. The van der Waals surface area contributed by atoms with Crippen LogP contribution in [-0.4, -0.2) is 23.0 Å². The molecule has 1 aromatic heterocycles. The lowest BCUT2D eigenvalue weighted by atomic mass is 10.1. The third-order valence-corrected chi connectivity index (χ3v) is 4.63. The fourth-order valence-electron chi connectivity index (χ4n) is 1.66. The van der Waals surface area contributed by atoms with Crippen LogP contribution < -0.4 is 5.32 Å². The first-order chi connectivity index (χ1) is 9.50. The molecule has 8 heteroatoms. The highest BCUT2D eigenvalue weighted by Gasteiger charge is 2.30. The molecule has 0 spiro atoms. The van der Waals surface area contributed by atoms with Gasteiger partial charge in [0.2, 0.25) is 0 Å². The molecular formula is C12H12F3N3S2. The highest BCUT2D eigenvalue weighted by molar-refractivity contribution is 8.01. The minimum absolute atomic E-state index is 0.175. The van der Waals surface area contributed by atoms with Crippen LogP contribution in [0.25, 0.3) is 0 Å². The first kappa shape index (κ1) is 15.3. The molecule has 0 fully saturated rings. The minimum atomic E-state index is -4.32. The lowest BCUT2D eigenvalue weighted by Crippen LogP contribution is -2.19. The smallest absolute Gasteiger partial charge is 0.312 e. The molecular weight excluding hydrogens is 307 g/mol. The molecule has 1 N–H and O–H groups in total. The van der Waals surface area contributed by atoms with Crippen LogP contribution >= 0.6 is 23.1 Å². The molecule has 0 radical (unpaired) electrons. The maximum atomic E-state index is 12.7. The fraction of sp³-hybridized carbons (Fsp3) is 0.333. The lowest BCUT2D eigenvalue weighted by Gasteiger charge is -2.17. The number of alkyl halides is 3. The van der Waals surface area contributed by atoms with Gasteiger partial charge in [-0.05, 0) is 24.7 Å². The molecule has 2 rings (SSSR count). The molecule has 0 aliphatic heterocycles. The van der Waals surface area contributed by atoms with Crippen LogP contribution in [0, 0.1) is 0 Å². The maximum Gasteiger partial charge on any atom is 0.416 e. The standard InChI is InChI=1S/C12H12F3N3S2/c1-16-10(6-19-11-18-17-7-20-11)8-3-2-4-9(5-8)12(13,14)15/h2-5,7,10,16H,6H2,1H3. The summed E-state index contributed by atoms with van der Waals surface area (Å²) in [4.78, 5) is 0. The summed E-state index contributed by atoms with van der Waals surface area (Å²) in [6.45, 7) is 0. The summed E-state index contributed by atoms with van der Waals surface area (Å²) in [5.74, 6) is 0.590. The molecule has 0 saturated carbocycles. The van der Waals surface area contributed by atoms with Gasteiger partial charge in [0, 0.05) is 11.8 Å². The fourth-order valence-corrected chi connectivity index (χ4v) is 3.32. The second-order valence-corrected chi connectivity index (χ2v) is 6.08. The monoisotopic (exact) mass is 319 g/mol. The zero-order valence-electron chi connectivity index (χ0n) is 10.5. The SMILES string of the molecule is CNC(CSc1nncs1)c1cccc(C(F)(F)F)c1. The summed E-state index contributed by atoms with van der Waals surface area (Å²) in [7, 11) is 1.73. The van der Waals surface area contributed by atoms with Gasteiger partial charge in [-0.2, -0.15) is 13.2 Å². The van der Waals surface area contributed by atoms with Crippen LogP contribution in [0.5, 0.6) is 0 Å². The van der Waals surface area contributed by atoms with E-state index in [2.05, 4.69) is 15.5 Å². The normalized spacial score (nSPS) is 13.4. The molecule has 0 bridgehead atoms. The predicted octanol–water partition coefficient (Wildman–Crippen LogP) is 3.61. The average molecular weight is 319 g/mol. The van der Waals surface area contributed by atoms with Crippen LogP contribution in [0.3, 0.4) is 0 Å². The Balaban J connectivity index is 2.11. The van der Waals surface area contributed by atoms with Crippen molar-refractivity contribution < 1.29 is 13.2 Å². The van der Waals surface area contributed by atoms with Crippen LogP contribution in [0.4, 0.5) is 13.2 Å². The van der Waals surface area contributed by atoms with Crippen LogP contribution in [0.15, 0.2) is 34.1 Å². The Bertz CT molecular complexity index is 543. The Hall–Kier alpha value is -1.12. The number of nitrogens with zero attached hydrogens (tertiary/aromatic N) is 2. The Labute approximate surface area is 122 Å². The summed E-state index contributed by atoms with van der Waals surface area (Å²) < 4.78 is 38.9. The van der Waals surface area contributed by atoms with Crippen molar-refractivity contribution in [3.8, 4) is 0 Å². The molecule has 2 aromatic rings. The van der Waals surface area contributed by atoms with Crippen LogP contribution in [0.1, 0.15) is 17.2 Å². The predicted molar refractivity (Wildman–Crippen MR) is 73.9 cm³/mol. The molecule has 0 aliphatic carbocycles. The number of aromatic nitrogens is 2. The van der Waals surface area contributed by atoms with E-state index < -0.39 is 11.7 Å². The van der Waals surface area contributed by atoms with E-state index in [4.69, 9.17) is 0 Å². The van der Waals surface area contributed by atoms with Crippen molar-refractivity contribution in [1.82, 2.24) is 15.5 Å². The van der Waals surface area contributed by atoms with E-state index in [1.54, 1.807) is 18.6 Å². The number of hydrogen-bond acceptors (Lipinski definition) is 5. The van der Waals surface area contributed by atoms with Gasteiger partial charge >= 0.3 is 6.18 Å². The Morgan fingerprint density at radius 2 is 2.20 bits per heavy atom. The Morgan fingerprint density at radius 3 is 2.80 bits per heavy atom. The minimum Gasteiger partial charge on any atom is -0.312 e. The van der Waals surface area contributed by atoms with E-state index in [9.17, 15) is 13.2 Å². The van der Waals surface area contributed by atoms with E-state index in [1.165, 1.54) is 35.2 Å². The van der Waals surface area contributed by atoms with Gasteiger partial charge in [-0.1, -0.05) is 35.2 Å². The number of nitrogens with one attached hydrogen (secondary N) is 1. The van der Waals surface area contributed by atoms with E-state index in [0.717, 1.165) is 10.4 Å². The second kappa shape index (κ2) is 6.55. The van der Waals surface area contributed by atoms with E-state index in [0.29, 0.717) is 11.3 Å². The van der Waals surface area contributed by atoms with Gasteiger partial charge in [-0.3, -0.25) is 0 Å². The second-order valence-electron chi connectivity index (χ2n) is 3.98. The molecule has 0 amide bonds. The number of benzene rings is 1. The van der Waals surface area contributed by atoms with Gasteiger partial charge in [0.05, 0.1) is 5.56 Å². The molecule has 1 heterocycles. The summed E-state index contributed by atoms with van der Waals surface area (Å²) in [6.07, 6.45) is -4.32. The Morgan fingerprint density at radius 1 is 1.40 bits per heavy atom. The third-order valence-electron chi connectivity index (χ3n) is 2.68. The van der Waals surface area contributed by atoms with Crippen LogP contribution in [0.2, 0.25) is 0 Å². The van der Waals surface area contributed by atoms with Crippen LogP contribution in [-0.2, 0) is 6.18 Å². The summed E-state index contributed by atoms with van der Waals surface area (Å²) >= 11 is 2.88. The van der Waals surface area contributed by atoms with Gasteiger partial charge in [-0.15, -0.1) is 10.2 Å². The molecule has 1 aromatic carbocycles. The zero-order valence-corrected chi connectivity index (χ0v) is 12.1. The van der Waals surface area contributed by atoms with E-state index >= 15 is 0 Å². The highest BCUT2D eigenvalue weighted by Crippen LogP contribution is 2.32. The lowest BCUT2D eigenvalue weighted by molar-refractivity contribution is -0.137. The molecule has 108 valence electrons. The molecule has 0 saturated heterocycles. The quantitative estimate of drug-likeness (QED) is 0.855. The molecule has 1 atom stereocenters. The topological polar surface area (TPSA) is 37.8 Å². The number of rotatable bonds is 5. The summed E-state index contributed by atoms with van der Waals surface area (Å²) in [5, 5.41) is 10.6. The average Bonchev–Trinajstić information content (AvgIpc) is 2.92. The van der Waals surface area contributed by atoms with Gasteiger partial charge < -0.3 is 5.32 Å². The largest absolute Gasteiger partial charge is 0.416 e. The number of hydrogen-bond donors (Lipinski definition) is 1. The van der Waals surface area contributed by atoms with Crippen molar-refractivity contribution in [2.75, 3.05) is 12.8 Å². The van der Waals surface area contributed by atoms with Crippen molar-refractivity contribution in [2.24, 2.45) is 0 Å². The third kappa shape index (κ3) is 3.94. The van der Waals surface area contributed by atoms with Crippen molar-refractivity contribution in [1.29, 1.82) is 0 Å². The van der Waals surface area contributed by atoms with E-state index in [-0.39, 0.29) is 6.04 Å². The van der Waals surface area contributed by atoms with Gasteiger partial charge in [0.1, 0.15) is 5.51 Å². The van der Waals surface area contributed by atoms with Crippen molar-refractivity contribution in [3.05, 3.63) is 40.9 Å². The van der Waals surface area contributed by atoms with E-state index in [1.807, 2.05) is 0 Å². The zero-order chi connectivity index (χ0) is 14.6. The molecule has 20 heavy (non-hydrogen) atoms. The van der Waals surface area contributed by atoms with Gasteiger partial charge in [0.25, 0.3) is 0 Å².